The Morgan fingerprint density at radius 3 is 2.79 bits per heavy atom. The zero-order chi connectivity index (χ0) is 22.8. The minimum Gasteiger partial charge on any atom is -0.490 e. The molecule has 1 aliphatic carbocycles. The van der Waals surface area contributed by atoms with Gasteiger partial charge in [-0.25, -0.2) is 9.98 Å². The maximum atomic E-state index is 12.6. The molecule has 1 aliphatic heterocycles. The van der Waals surface area contributed by atoms with Crippen LogP contribution >= 0.6 is 0 Å². The van der Waals surface area contributed by atoms with Crippen LogP contribution in [-0.4, -0.2) is 29.2 Å². The zero-order valence-electron chi connectivity index (χ0n) is 18.9. The van der Waals surface area contributed by atoms with E-state index < -0.39 is 0 Å². The lowest BCUT2D eigenvalue weighted by Gasteiger charge is -2.29. The predicted molar refractivity (Wildman–Crippen MR) is 130 cm³/mol. The summed E-state index contributed by atoms with van der Waals surface area (Å²) in [5, 5.41) is 3.81. The molecule has 5 rings (SSSR count). The fourth-order valence-electron chi connectivity index (χ4n) is 4.55. The molecular weight excluding hydrogens is 414 g/mol. The number of fused-ring (bicyclic) bond motifs is 2. The van der Waals surface area contributed by atoms with E-state index >= 15 is 0 Å². The molecule has 33 heavy (non-hydrogen) atoms. The summed E-state index contributed by atoms with van der Waals surface area (Å²) in [5.74, 6) is 1.41. The van der Waals surface area contributed by atoms with Crippen molar-refractivity contribution < 1.29 is 4.74 Å². The van der Waals surface area contributed by atoms with Crippen LogP contribution in [0.25, 0.3) is 6.58 Å². The van der Waals surface area contributed by atoms with E-state index in [4.69, 9.17) is 4.74 Å². The van der Waals surface area contributed by atoms with Crippen LogP contribution in [0.3, 0.4) is 0 Å². The van der Waals surface area contributed by atoms with Crippen molar-refractivity contribution in [1.29, 1.82) is 0 Å². The van der Waals surface area contributed by atoms with Gasteiger partial charge in [-0.05, 0) is 49.8 Å². The summed E-state index contributed by atoms with van der Waals surface area (Å²) in [6, 6.07) is 14.3. The highest BCUT2D eigenvalue weighted by Gasteiger charge is 2.25. The molecule has 170 valence electrons. The third-order valence-corrected chi connectivity index (χ3v) is 6.26. The fourth-order valence-corrected chi connectivity index (χ4v) is 4.55. The lowest BCUT2D eigenvalue weighted by molar-refractivity contribution is 0.208. The molecule has 2 heterocycles. The Bertz CT molecular complexity index is 1310. The Morgan fingerprint density at radius 1 is 1.21 bits per heavy atom. The number of aromatic amines is 1. The van der Waals surface area contributed by atoms with E-state index in [-0.39, 0.29) is 11.7 Å². The van der Waals surface area contributed by atoms with Gasteiger partial charge in [0.1, 0.15) is 11.2 Å². The topological polar surface area (TPSA) is 82.6 Å². The first-order chi connectivity index (χ1) is 16.1. The normalized spacial score (nSPS) is 15.1. The number of hydrogen-bond donors (Lipinski definition) is 2. The van der Waals surface area contributed by atoms with Gasteiger partial charge in [-0.1, -0.05) is 36.9 Å². The molecule has 7 nitrogen and oxygen atoms in total. The van der Waals surface area contributed by atoms with Crippen LogP contribution in [-0.2, 0) is 6.54 Å². The zero-order valence-corrected chi connectivity index (χ0v) is 18.9. The number of anilines is 2. The molecule has 3 aromatic rings. The molecule has 2 aromatic carbocycles. The predicted octanol–water partition coefficient (Wildman–Crippen LogP) is 3.00. The molecule has 0 unspecified atom stereocenters. The Morgan fingerprint density at radius 2 is 2.00 bits per heavy atom. The first-order valence-corrected chi connectivity index (χ1v) is 11.6. The molecule has 0 amide bonds. The number of H-pyrrole nitrogens is 1. The standard InChI is InChI=1S/C26H29N5O2/c1-17-14-21-22(15-23(17)33-20-10-6-7-11-20)31(13-12-27-16-19-8-4-3-5-9-19)25-24(30-21)26(32)29-18(2)28-25/h3-5,8-9,14-15,20,27H,2,6-7,10-13,16H2,1H3,(H,29,32). The minimum absolute atomic E-state index is 0.267. The number of ether oxygens (including phenoxy) is 1. The van der Waals surface area contributed by atoms with E-state index in [2.05, 4.69) is 50.0 Å². The van der Waals surface area contributed by atoms with Crippen molar-refractivity contribution >= 4 is 23.8 Å². The van der Waals surface area contributed by atoms with Gasteiger partial charge in [0.25, 0.3) is 5.56 Å². The highest BCUT2D eigenvalue weighted by atomic mass is 16.5. The van der Waals surface area contributed by atoms with Gasteiger partial charge >= 0.3 is 0 Å². The van der Waals surface area contributed by atoms with Gasteiger partial charge in [0, 0.05) is 25.7 Å². The molecule has 1 saturated carbocycles. The van der Waals surface area contributed by atoms with Crippen molar-refractivity contribution in [2.45, 2.75) is 45.3 Å². The first kappa shape index (κ1) is 21.4. The molecule has 1 fully saturated rings. The van der Waals surface area contributed by atoms with Crippen LogP contribution < -0.4 is 31.3 Å². The fraction of sp³-hybridized carbons (Fsp3) is 0.346. The average molecular weight is 444 g/mol. The maximum absolute atomic E-state index is 12.6. The third kappa shape index (κ3) is 4.54. The highest BCUT2D eigenvalue weighted by molar-refractivity contribution is 5.78. The molecule has 0 atom stereocenters. The summed E-state index contributed by atoms with van der Waals surface area (Å²) in [5.41, 5.74) is 3.96. The smallest absolute Gasteiger partial charge is 0.279 e. The van der Waals surface area contributed by atoms with Gasteiger partial charge < -0.3 is 19.9 Å². The second kappa shape index (κ2) is 9.19. The third-order valence-electron chi connectivity index (χ3n) is 6.26. The van der Waals surface area contributed by atoms with Crippen LogP contribution in [0, 0.1) is 6.92 Å². The lowest BCUT2D eigenvalue weighted by atomic mass is 10.1. The van der Waals surface area contributed by atoms with Gasteiger partial charge in [0.05, 0.1) is 17.5 Å². The molecule has 0 saturated heterocycles. The van der Waals surface area contributed by atoms with E-state index in [1.807, 2.05) is 31.2 Å². The summed E-state index contributed by atoms with van der Waals surface area (Å²) < 4.78 is 6.35. The quantitative estimate of drug-likeness (QED) is 0.549. The summed E-state index contributed by atoms with van der Waals surface area (Å²) in [7, 11) is 0. The molecule has 1 aromatic heterocycles. The van der Waals surface area contributed by atoms with Crippen molar-refractivity contribution in [2.75, 3.05) is 18.0 Å². The summed E-state index contributed by atoms with van der Waals surface area (Å²) in [6.07, 6.45) is 4.89. The van der Waals surface area contributed by atoms with Crippen molar-refractivity contribution in [3.63, 3.8) is 0 Å². The van der Waals surface area contributed by atoms with Gasteiger partial charge in [-0.3, -0.25) is 4.79 Å². The highest BCUT2D eigenvalue weighted by Crippen LogP contribution is 2.40. The Kier molecular flexibility index (Phi) is 5.96. The van der Waals surface area contributed by atoms with Crippen molar-refractivity contribution in [2.24, 2.45) is 4.99 Å². The molecule has 7 heteroatoms. The molecular formula is C26H29N5O2. The average Bonchev–Trinajstić information content (AvgIpc) is 3.31. The molecule has 0 radical (unpaired) electrons. The Balaban J connectivity index is 1.46. The van der Waals surface area contributed by atoms with Crippen LogP contribution in [0.4, 0.5) is 17.2 Å². The van der Waals surface area contributed by atoms with Crippen molar-refractivity contribution in [3.8, 4) is 5.75 Å². The maximum Gasteiger partial charge on any atom is 0.279 e. The number of aromatic nitrogens is 2. The van der Waals surface area contributed by atoms with Crippen LogP contribution in [0.5, 0.6) is 5.75 Å². The molecule has 2 N–H and O–H groups in total. The summed E-state index contributed by atoms with van der Waals surface area (Å²) in [4.78, 5) is 26.6. The number of nitrogens with one attached hydrogen (secondary N) is 2. The van der Waals surface area contributed by atoms with Gasteiger partial charge in [-0.15, -0.1) is 0 Å². The molecule has 0 spiro atoms. The van der Waals surface area contributed by atoms with E-state index in [1.54, 1.807) is 0 Å². The number of rotatable bonds is 7. The van der Waals surface area contributed by atoms with Crippen LogP contribution in [0.2, 0.25) is 0 Å². The van der Waals surface area contributed by atoms with Gasteiger partial charge in [-0.2, -0.15) is 0 Å². The SMILES string of the molecule is C=c1nc2c(c(=O)[nH]1)=Nc1cc(C)c(OC3CCCC3)cc1N2CCNCc1ccccc1. The monoisotopic (exact) mass is 443 g/mol. The van der Waals surface area contributed by atoms with Crippen LogP contribution in [0.15, 0.2) is 52.3 Å². The number of benzene rings is 2. The molecule has 0 bridgehead atoms. The number of nitrogens with zero attached hydrogens (tertiary/aromatic N) is 3. The summed E-state index contributed by atoms with van der Waals surface area (Å²) in [6.45, 7) is 7.98. The van der Waals surface area contributed by atoms with Crippen molar-refractivity contribution in [3.05, 3.63) is 74.8 Å². The molecule has 2 aliphatic rings. The minimum atomic E-state index is -0.276. The number of aryl methyl sites for hydroxylation is 1. The van der Waals surface area contributed by atoms with E-state index in [9.17, 15) is 4.79 Å². The lowest BCUT2D eigenvalue weighted by Crippen LogP contribution is -2.43. The number of hydrogen-bond acceptors (Lipinski definition) is 6. The van der Waals surface area contributed by atoms with E-state index in [1.165, 1.54) is 18.4 Å². The Hall–Kier alpha value is -3.45. The summed E-state index contributed by atoms with van der Waals surface area (Å²) >= 11 is 0. The van der Waals surface area contributed by atoms with Gasteiger partial charge in [0.2, 0.25) is 0 Å². The van der Waals surface area contributed by atoms with Crippen LogP contribution in [0.1, 0.15) is 36.8 Å². The van der Waals surface area contributed by atoms with E-state index in [0.29, 0.717) is 29.7 Å². The second-order valence-electron chi connectivity index (χ2n) is 8.74. The van der Waals surface area contributed by atoms with Gasteiger partial charge in [0.15, 0.2) is 11.2 Å². The largest absolute Gasteiger partial charge is 0.490 e. The van der Waals surface area contributed by atoms with E-state index in [0.717, 1.165) is 42.1 Å². The Labute approximate surface area is 192 Å². The second-order valence-corrected chi connectivity index (χ2v) is 8.74. The first-order valence-electron chi connectivity index (χ1n) is 11.6. The van der Waals surface area contributed by atoms with Crippen molar-refractivity contribution in [1.82, 2.24) is 15.3 Å².